The predicted octanol–water partition coefficient (Wildman–Crippen LogP) is 4.42. The number of fused-ring (bicyclic) bond motifs is 1. The third-order valence-corrected chi connectivity index (χ3v) is 8.02. The number of halogens is 1. The molecule has 1 atom stereocenters. The molecule has 1 fully saturated rings. The first-order valence-electron chi connectivity index (χ1n) is 12.2. The molecule has 1 aromatic carbocycles. The summed E-state index contributed by atoms with van der Waals surface area (Å²) in [6, 6.07) is 7.49. The largest absolute Gasteiger partial charge is 0.461 e. The molecule has 2 amide bonds. The smallest absolute Gasteiger partial charge is 0.358 e. The van der Waals surface area contributed by atoms with Gasteiger partial charge in [0.15, 0.2) is 5.69 Å². The number of rotatable bonds is 6. The molecule has 1 aliphatic carbocycles. The molecular formula is C26H33IN4O4. The number of nitrogens with zero attached hydrogens (tertiary/aromatic N) is 3. The summed E-state index contributed by atoms with van der Waals surface area (Å²) >= 11 is 2.31. The summed E-state index contributed by atoms with van der Waals surface area (Å²) in [5.41, 5.74) is 1.86. The van der Waals surface area contributed by atoms with Crippen molar-refractivity contribution in [3.05, 3.63) is 46.8 Å². The lowest BCUT2D eigenvalue weighted by atomic mass is 9.86. The van der Waals surface area contributed by atoms with Gasteiger partial charge in [-0.25, -0.2) is 4.79 Å². The van der Waals surface area contributed by atoms with Crippen molar-refractivity contribution in [3.8, 4) is 0 Å². The molecule has 1 saturated carbocycles. The summed E-state index contributed by atoms with van der Waals surface area (Å²) in [6.45, 7) is 8.04. The molecule has 35 heavy (non-hydrogen) atoms. The van der Waals surface area contributed by atoms with Crippen LogP contribution in [0.15, 0.2) is 24.3 Å². The minimum absolute atomic E-state index is 0.0676. The van der Waals surface area contributed by atoms with Gasteiger partial charge in [0.1, 0.15) is 11.2 Å². The number of carbonyl (C=O) groups excluding carboxylic acids is 3. The van der Waals surface area contributed by atoms with Crippen LogP contribution < -0.4 is 10.2 Å². The second-order valence-corrected chi connectivity index (χ2v) is 10.7. The maximum absolute atomic E-state index is 13.9. The monoisotopic (exact) mass is 592 g/mol. The summed E-state index contributed by atoms with van der Waals surface area (Å²) < 4.78 is 7.41. The van der Waals surface area contributed by atoms with E-state index in [0.29, 0.717) is 11.6 Å². The molecule has 0 spiro atoms. The molecule has 1 N–H and O–H groups in total. The van der Waals surface area contributed by atoms with Crippen molar-refractivity contribution < 1.29 is 19.1 Å². The zero-order valence-electron chi connectivity index (χ0n) is 20.8. The van der Waals surface area contributed by atoms with Crippen LogP contribution in [0.5, 0.6) is 0 Å². The Morgan fingerprint density at radius 3 is 2.57 bits per heavy atom. The van der Waals surface area contributed by atoms with E-state index in [-0.39, 0.29) is 42.4 Å². The standard InChI is InChI=1S/C26H33IN4O4/c1-5-35-24(33)20-13-22-23(32)31(21-11-8-18(14-27)12-17(21)3)26(4,15-30(22)29-20)25(34)28-19-9-6-16(2)7-10-19/h8,11-13,16,19H,5-7,9-10,14-15H2,1-4H3,(H,28,34). The van der Waals surface area contributed by atoms with Crippen LogP contribution in [-0.2, 0) is 20.5 Å². The number of nitrogens with one attached hydrogen (secondary N) is 1. The fourth-order valence-electron chi connectivity index (χ4n) is 5.06. The molecule has 2 aromatic rings. The van der Waals surface area contributed by atoms with Gasteiger partial charge < -0.3 is 10.1 Å². The zero-order chi connectivity index (χ0) is 25.3. The van der Waals surface area contributed by atoms with E-state index < -0.39 is 11.5 Å². The maximum atomic E-state index is 13.9. The van der Waals surface area contributed by atoms with E-state index in [1.165, 1.54) is 10.7 Å². The summed E-state index contributed by atoms with van der Waals surface area (Å²) in [6.07, 6.45) is 4.02. The molecule has 1 aliphatic heterocycles. The minimum Gasteiger partial charge on any atom is -0.461 e. The Labute approximate surface area is 219 Å². The highest BCUT2D eigenvalue weighted by atomic mass is 127. The van der Waals surface area contributed by atoms with E-state index >= 15 is 0 Å². The van der Waals surface area contributed by atoms with Crippen LogP contribution in [0.1, 0.15) is 78.6 Å². The predicted molar refractivity (Wildman–Crippen MR) is 142 cm³/mol. The third kappa shape index (κ3) is 4.96. The molecule has 1 aromatic heterocycles. The molecule has 188 valence electrons. The minimum atomic E-state index is -1.22. The van der Waals surface area contributed by atoms with Crippen LogP contribution >= 0.6 is 22.6 Å². The highest BCUT2D eigenvalue weighted by Crippen LogP contribution is 2.36. The topological polar surface area (TPSA) is 93.5 Å². The van der Waals surface area contributed by atoms with Crippen molar-refractivity contribution in [1.82, 2.24) is 15.1 Å². The van der Waals surface area contributed by atoms with Crippen molar-refractivity contribution in [2.45, 2.75) is 75.9 Å². The maximum Gasteiger partial charge on any atom is 0.358 e. The zero-order valence-corrected chi connectivity index (χ0v) is 22.9. The fourth-order valence-corrected chi connectivity index (χ4v) is 5.54. The molecular weight excluding hydrogens is 559 g/mol. The first kappa shape index (κ1) is 25.7. The normalized spacial score (nSPS) is 24.1. The van der Waals surface area contributed by atoms with Crippen molar-refractivity contribution in [3.63, 3.8) is 0 Å². The molecule has 2 aliphatic rings. The van der Waals surface area contributed by atoms with Crippen molar-refractivity contribution >= 4 is 46.1 Å². The first-order chi connectivity index (χ1) is 16.7. The summed E-state index contributed by atoms with van der Waals surface area (Å²) in [4.78, 5) is 41.7. The molecule has 9 heteroatoms. The fraction of sp³-hybridized carbons (Fsp3) is 0.538. The van der Waals surface area contributed by atoms with E-state index in [0.717, 1.165) is 41.2 Å². The third-order valence-electron chi connectivity index (χ3n) is 7.13. The molecule has 0 bridgehead atoms. The van der Waals surface area contributed by atoms with E-state index in [4.69, 9.17) is 4.74 Å². The number of alkyl halides is 1. The van der Waals surface area contributed by atoms with Crippen LogP contribution in [0.2, 0.25) is 0 Å². The molecule has 4 rings (SSSR count). The quantitative estimate of drug-likeness (QED) is 0.305. The van der Waals surface area contributed by atoms with E-state index in [2.05, 4.69) is 39.9 Å². The van der Waals surface area contributed by atoms with Crippen molar-refractivity contribution in [1.29, 1.82) is 0 Å². The average Bonchev–Trinajstić information content (AvgIpc) is 3.25. The van der Waals surface area contributed by atoms with Gasteiger partial charge in [-0.3, -0.25) is 19.2 Å². The van der Waals surface area contributed by atoms with Crippen LogP contribution in [-0.4, -0.2) is 45.8 Å². The van der Waals surface area contributed by atoms with Gasteiger partial charge >= 0.3 is 5.97 Å². The lowest BCUT2D eigenvalue weighted by Crippen LogP contribution is -2.65. The number of amides is 2. The average molecular weight is 592 g/mol. The number of benzene rings is 1. The van der Waals surface area contributed by atoms with Gasteiger partial charge in [0.05, 0.1) is 13.2 Å². The number of anilines is 1. The van der Waals surface area contributed by atoms with Gasteiger partial charge in [0.25, 0.3) is 5.91 Å². The second-order valence-electron chi connectivity index (χ2n) is 9.89. The molecule has 0 radical (unpaired) electrons. The van der Waals surface area contributed by atoms with Gasteiger partial charge in [-0.1, -0.05) is 41.6 Å². The van der Waals surface area contributed by atoms with E-state index in [1.807, 2.05) is 25.1 Å². The van der Waals surface area contributed by atoms with Crippen LogP contribution in [0.3, 0.4) is 0 Å². The van der Waals surface area contributed by atoms with Gasteiger partial charge in [0.2, 0.25) is 5.91 Å². The van der Waals surface area contributed by atoms with Gasteiger partial charge in [-0.05, 0) is 69.6 Å². The highest BCUT2D eigenvalue weighted by molar-refractivity contribution is 14.1. The summed E-state index contributed by atoms with van der Waals surface area (Å²) in [5.74, 6) is -0.488. The molecule has 0 saturated heterocycles. The number of esters is 1. The Morgan fingerprint density at radius 1 is 1.23 bits per heavy atom. The number of aromatic nitrogens is 2. The molecule has 2 heterocycles. The van der Waals surface area contributed by atoms with Crippen LogP contribution in [0.25, 0.3) is 0 Å². The Kier molecular flexibility index (Phi) is 7.54. The van der Waals surface area contributed by atoms with Crippen molar-refractivity contribution in [2.75, 3.05) is 11.5 Å². The molecule has 8 nitrogen and oxygen atoms in total. The molecule has 1 unspecified atom stereocenters. The lowest BCUT2D eigenvalue weighted by Gasteiger charge is -2.44. The number of ether oxygens (including phenoxy) is 1. The SMILES string of the molecule is CCOC(=O)c1cc2n(n1)CC(C)(C(=O)NC1CCC(C)CC1)N(c1ccc(CI)cc1C)C2=O. The number of carbonyl (C=O) groups is 3. The Balaban J connectivity index is 1.75. The first-order valence-corrected chi connectivity index (χ1v) is 13.8. The van der Waals surface area contributed by atoms with E-state index in [9.17, 15) is 14.4 Å². The van der Waals surface area contributed by atoms with Crippen LogP contribution in [0.4, 0.5) is 5.69 Å². The van der Waals surface area contributed by atoms with Gasteiger partial charge in [-0.2, -0.15) is 5.10 Å². The second kappa shape index (κ2) is 10.3. The summed E-state index contributed by atoms with van der Waals surface area (Å²) in [5, 5.41) is 7.57. The van der Waals surface area contributed by atoms with Gasteiger partial charge in [-0.15, -0.1) is 0 Å². The van der Waals surface area contributed by atoms with Gasteiger partial charge in [0, 0.05) is 22.2 Å². The lowest BCUT2D eigenvalue weighted by molar-refractivity contribution is -0.127. The number of aryl methyl sites for hydroxylation is 1. The Morgan fingerprint density at radius 2 is 1.94 bits per heavy atom. The Bertz CT molecular complexity index is 1140. The van der Waals surface area contributed by atoms with E-state index in [1.54, 1.807) is 18.7 Å². The highest BCUT2D eigenvalue weighted by Gasteiger charge is 2.50. The Hall–Kier alpha value is -2.43. The summed E-state index contributed by atoms with van der Waals surface area (Å²) in [7, 11) is 0. The van der Waals surface area contributed by atoms with Crippen molar-refractivity contribution in [2.24, 2.45) is 5.92 Å². The van der Waals surface area contributed by atoms with Crippen LogP contribution in [0, 0.1) is 12.8 Å². The number of hydrogen-bond acceptors (Lipinski definition) is 5. The number of hydrogen-bond donors (Lipinski definition) is 1.